The summed E-state index contributed by atoms with van der Waals surface area (Å²) in [5.74, 6) is -0.853. The lowest BCUT2D eigenvalue weighted by atomic mass is 10.1. The van der Waals surface area contributed by atoms with Gasteiger partial charge in [-0.2, -0.15) is 0 Å². The zero-order chi connectivity index (χ0) is 24.6. The van der Waals surface area contributed by atoms with Crippen LogP contribution in [0.5, 0.6) is 0 Å². The van der Waals surface area contributed by atoms with Crippen molar-refractivity contribution in [1.82, 2.24) is 5.32 Å². The molecule has 7 nitrogen and oxygen atoms in total. The van der Waals surface area contributed by atoms with E-state index in [9.17, 15) is 18.0 Å². The maximum absolute atomic E-state index is 13.5. The fourth-order valence-electron chi connectivity index (χ4n) is 3.45. The Balaban J connectivity index is 1.88. The quantitative estimate of drug-likeness (QED) is 0.423. The standard InChI is InChI=1S/C26H29N3O4S/c1-3-4-18-27-26(31)22-15-9-10-16-23(22)28-25(30)19-29(24-17-11-8-12-20(24)2)34(32,33)21-13-6-5-7-14-21/h5-17H,3-4,18-19H2,1-2H3,(H,27,31)(H,28,30). The summed E-state index contributed by atoms with van der Waals surface area (Å²) in [6.07, 6.45) is 1.80. The number of unbranched alkanes of at least 4 members (excludes halogenated alkanes) is 1. The van der Waals surface area contributed by atoms with Crippen LogP contribution < -0.4 is 14.9 Å². The zero-order valence-corrected chi connectivity index (χ0v) is 20.1. The van der Waals surface area contributed by atoms with Gasteiger partial charge in [-0.15, -0.1) is 0 Å². The Kier molecular flexibility index (Phi) is 8.43. The molecule has 0 atom stereocenters. The Morgan fingerprint density at radius 3 is 2.24 bits per heavy atom. The largest absolute Gasteiger partial charge is 0.352 e. The first kappa shape index (κ1) is 25.0. The Morgan fingerprint density at radius 1 is 0.882 bits per heavy atom. The van der Waals surface area contributed by atoms with Gasteiger partial charge < -0.3 is 10.6 Å². The van der Waals surface area contributed by atoms with Gasteiger partial charge in [-0.1, -0.05) is 61.9 Å². The predicted molar refractivity (Wildman–Crippen MR) is 134 cm³/mol. The molecule has 0 heterocycles. The van der Waals surface area contributed by atoms with E-state index in [0.717, 1.165) is 17.1 Å². The van der Waals surface area contributed by atoms with Crippen LogP contribution in [0.2, 0.25) is 0 Å². The van der Waals surface area contributed by atoms with Crippen LogP contribution in [-0.2, 0) is 14.8 Å². The lowest BCUT2D eigenvalue weighted by molar-refractivity contribution is -0.114. The Bertz CT molecular complexity index is 1240. The van der Waals surface area contributed by atoms with Crippen LogP contribution in [0, 0.1) is 6.92 Å². The smallest absolute Gasteiger partial charge is 0.264 e. The summed E-state index contributed by atoms with van der Waals surface area (Å²) in [5, 5.41) is 5.56. The number of nitrogens with zero attached hydrogens (tertiary/aromatic N) is 1. The number of para-hydroxylation sites is 2. The van der Waals surface area contributed by atoms with Crippen LogP contribution in [0.15, 0.2) is 83.8 Å². The number of hydrogen-bond donors (Lipinski definition) is 2. The van der Waals surface area contributed by atoms with E-state index in [2.05, 4.69) is 10.6 Å². The molecule has 0 saturated heterocycles. The molecule has 0 bridgehead atoms. The van der Waals surface area contributed by atoms with Gasteiger partial charge in [0.2, 0.25) is 5.91 Å². The minimum absolute atomic E-state index is 0.0850. The molecule has 3 rings (SSSR count). The first-order chi connectivity index (χ1) is 16.3. The van der Waals surface area contributed by atoms with Gasteiger partial charge in [0, 0.05) is 6.54 Å². The summed E-state index contributed by atoms with van der Waals surface area (Å²) < 4.78 is 28.0. The van der Waals surface area contributed by atoms with E-state index in [1.807, 2.05) is 6.92 Å². The number of hydrogen-bond acceptors (Lipinski definition) is 4. The lowest BCUT2D eigenvalue weighted by Gasteiger charge is -2.25. The van der Waals surface area contributed by atoms with E-state index in [-0.39, 0.29) is 10.8 Å². The van der Waals surface area contributed by atoms with Crippen LogP contribution in [0.3, 0.4) is 0 Å². The summed E-state index contributed by atoms with van der Waals surface area (Å²) in [7, 11) is -4.01. The van der Waals surface area contributed by atoms with Crippen molar-refractivity contribution in [2.24, 2.45) is 0 Å². The number of carbonyl (C=O) groups excluding carboxylic acids is 2. The summed E-state index contributed by atoms with van der Waals surface area (Å²) in [6.45, 7) is 3.91. The molecule has 2 amide bonds. The summed E-state index contributed by atoms with van der Waals surface area (Å²) in [4.78, 5) is 25.7. The van der Waals surface area contributed by atoms with E-state index in [1.54, 1.807) is 73.7 Å². The Labute approximate surface area is 200 Å². The van der Waals surface area contributed by atoms with Gasteiger partial charge in [0.15, 0.2) is 0 Å². The second-order valence-corrected chi connectivity index (χ2v) is 9.68. The average molecular weight is 480 g/mol. The molecule has 0 spiro atoms. The van der Waals surface area contributed by atoms with Crippen molar-refractivity contribution < 1.29 is 18.0 Å². The fraction of sp³-hybridized carbons (Fsp3) is 0.231. The zero-order valence-electron chi connectivity index (χ0n) is 19.3. The van der Waals surface area contributed by atoms with Gasteiger partial charge in [0.05, 0.1) is 21.8 Å². The number of sulfonamides is 1. The van der Waals surface area contributed by atoms with Crippen molar-refractivity contribution in [3.8, 4) is 0 Å². The van der Waals surface area contributed by atoms with Gasteiger partial charge in [0.1, 0.15) is 6.54 Å². The highest BCUT2D eigenvalue weighted by Gasteiger charge is 2.28. The van der Waals surface area contributed by atoms with Gasteiger partial charge in [0.25, 0.3) is 15.9 Å². The molecule has 3 aromatic carbocycles. The molecule has 8 heteroatoms. The molecular formula is C26H29N3O4S. The van der Waals surface area contributed by atoms with E-state index in [0.29, 0.717) is 29.0 Å². The van der Waals surface area contributed by atoms with Crippen molar-refractivity contribution in [2.75, 3.05) is 22.7 Å². The number of amides is 2. The van der Waals surface area contributed by atoms with E-state index < -0.39 is 22.5 Å². The first-order valence-electron chi connectivity index (χ1n) is 11.1. The third-order valence-electron chi connectivity index (χ3n) is 5.26. The summed E-state index contributed by atoms with van der Waals surface area (Å²) >= 11 is 0. The van der Waals surface area contributed by atoms with Crippen molar-refractivity contribution >= 4 is 33.2 Å². The molecule has 0 unspecified atom stereocenters. The van der Waals surface area contributed by atoms with Gasteiger partial charge in [-0.25, -0.2) is 8.42 Å². The number of anilines is 2. The predicted octanol–water partition coefficient (Wildman–Crippen LogP) is 4.36. The third-order valence-corrected chi connectivity index (χ3v) is 7.04. The monoisotopic (exact) mass is 479 g/mol. The first-order valence-corrected chi connectivity index (χ1v) is 12.6. The third kappa shape index (κ3) is 6.02. The van der Waals surface area contributed by atoms with E-state index >= 15 is 0 Å². The van der Waals surface area contributed by atoms with Gasteiger partial charge >= 0.3 is 0 Å². The van der Waals surface area contributed by atoms with Gasteiger partial charge in [-0.05, 0) is 49.2 Å². The molecule has 0 aliphatic heterocycles. The summed E-state index contributed by atoms with van der Waals surface area (Å²) in [6, 6.07) is 21.6. The van der Waals surface area contributed by atoms with Crippen molar-refractivity contribution in [1.29, 1.82) is 0 Å². The summed E-state index contributed by atoms with van der Waals surface area (Å²) in [5.41, 5.74) is 1.77. The molecule has 0 aromatic heterocycles. The number of benzene rings is 3. The average Bonchev–Trinajstić information content (AvgIpc) is 2.84. The molecule has 178 valence electrons. The second-order valence-electron chi connectivity index (χ2n) is 7.81. The molecule has 0 radical (unpaired) electrons. The molecule has 0 fully saturated rings. The number of nitrogens with one attached hydrogen (secondary N) is 2. The van der Waals surface area contributed by atoms with E-state index in [4.69, 9.17) is 0 Å². The molecular weight excluding hydrogens is 450 g/mol. The minimum atomic E-state index is -4.01. The molecule has 0 aliphatic rings. The topological polar surface area (TPSA) is 95.6 Å². The Morgan fingerprint density at radius 2 is 1.53 bits per heavy atom. The molecule has 0 aliphatic carbocycles. The number of carbonyl (C=O) groups is 2. The van der Waals surface area contributed by atoms with E-state index in [1.165, 1.54) is 12.1 Å². The maximum atomic E-state index is 13.5. The van der Waals surface area contributed by atoms with Crippen molar-refractivity contribution in [3.05, 3.63) is 90.0 Å². The van der Waals surface area contributed by atoms with Crippen LogP contribution in [-0.4, -0.2) is 33.3 Å². The highest BCUT2D eigenvalue weighted by atomic mass is 32.2. The van der Waals surface area contributed by atoms with Crippen LogP contribution in [0.4, 0.5) is 11.4 Å². The molecule has 34 heavy (non-hydrogen) atoms. The molecule has 3 aromatic rings. The van der Waals surface area contributed by atoms with Crippen molar-refractivity contribution in [2.45, 2.75) is 31.6 Å². The SMILES string of the molecule is CCCCNC(=O)c1ccccc1NC(=O)CN(c1ccccc1C)S(=O)(=O)c1ccccc1. The molecule has 0 saturated carbocycles. The minimum Gasteiger partial charge on any atom is -0.352 e. The van der Waals surface area contributed by atoms with Crippen molar-refractivity contribution in [3.63, 3.8) is 0 Å². The maximum Gasteiger partial charge on any atom is 0.264 e. The fourth-order valence-corrected chi connectivity index (χ4v) is 4.95. The second kappa shape index (κ2) is 11.5. The van der Waals surface area contributed by atoms with Gasteiger partial charge in [-0.3, -0.25) is 13.9 Å². The lowest BCUT2D eigenvalue weighted by Crippen LogP contribution is -2.38. The number of aryl methyl sites for hydroxylation is 1. The van der Waals surface area contributed by atoms with Crippen LogP contribution >= 0.6 is 0 Å². The Hall–Kier alpha value is -3.65. The highest BCUT2D eigenvalue weighted by molar-refractivity contribution is 7.92. The highest BCUT2D eigenvalue weighted by Crippen LogP contribution is 2.27. The normalized spacial score (nSPS) is 11.0. The van der Waals surface area contributed by atoms with Crippen LogP contribution in [0.1, 0.15) is 35.7 Å². The van der Waals surface area contributed by atoms with Crippen LogP contribution in [0.25, 0.3) is 0 Å². The molecule has 2 N–H and O–H groups in total. The number of rotatable bonds is 10.